The summed E-state index contributed by atoms with van der Waals surface area (Å²) in [4.78, 5) is 9.17. The second-order valence-electron chi connectivity index (χ2n) is 9.31. The van der Waals surface area contributed by atoms with E-state index in [0.717, 1.165) is 48.4 Å². The zero-order chi connectivity index (χ0) is 21.7. The van der Waals surface area contributed by atoms with Gasteiger partial charge in [0, 0.05) is 18.0 Å². The minimum Gasteiger partial charge on any atom is -0.494 e. The van der Waals surface area contributed by atoms with Gasteiger partial charge in [-0.2, -0.15) is 0 Å². The van der Waals surface area contributed by atoms with Crippen LogP contribution in [0.4, 0.5) is 0 Å². The van der Waals surface area contributed by atoms with Crippen molar-refractivity contribution in [3.05, 3.63) is 42.2 Å². The lowest BCUT2D eigenvalue weighted by Crippen LogP contribution is -2.19. The van der Waals surface area contributed by atoms with Crippen LogP contribution >= 0.6 is 0 Å². The van der Waals surface area contributed by atoms with Crippen molar-refractivity contribution in [1.82, 2.24) is 9.97 Å². The summed E-state index contributed by atoms with van der Waals surface area (Å²) in [7, 11) is 0. The SMILES string of the molecule is CCCCCCCc1cnc(-c2ccc(OCCCC3CCCCC3CC)cc2)nc1. The molecule has 31 heavy (non-hydrogen) atoms. The first-order valence-corrected chi connectivity index (χ1v) is 12.8. The molecule has 0 amide bonds. The highest BCUT2D eigenvalue weighted by Gasteiger charge is 2.22. The van der Waals surface area contributed by atoms with Crippen LogP contribution in [0.15, 0.2) is 36.7 Å². The van der Waals surface area contributed by atoms with Crippen molar-refractivity contribution < 1.29 is 4.74 Å². The van der Waals surface area contributed by atoms with Crippen LogP contribution in [0.5, 0.6) is 5.75 Å². The van der Waals surface area contributed by atoms with Gasteiger partial charge in [0.05, 0.1) is 6.61 Å². The van der Waals surface area contributed by atoms with Crippen molar-refractivity contribution in [3.63, 3.8) is 0 Å². The molecule has 3 rings (SSSR count). The number of nitrogens with zero attached hydrogens (tertiary/aromatic N) is 2. The third-order valence-electron chi connectivity index (χ3n) is 6.97. The molecule has 3 nitrogen and oxygen atoms in total. The number of rotatable bonds is 13. The summed E-state index contributed by atoms with van der Waals surface area (Å²) in [6.45, 7) is 5.42. The van der Waals surface area contributed by atoms with E-state index < -0.39 is 0 Å². The van der Waals surface area contributed by atoms with E-state index in [1.165, 1.54) is 76.2 Å². The Morgan fingerprint density at radius 2 is 1.55 bits per heavy atom. The van der Waals surface area contributed by atoms with E-state index >= 15 is 0 Å². The topological polar surface area (TPSA) is 35.0 Å². The van der Waals surface area contributed by atoms with Gasteiger partial charge in [-0.05, 0) is 67.3 Å². The lowest BCUT2D eigenvalue weighted by Gasteiger charge is -2.30. The minimum atomic E-state index is 0.796. The average Bonchev–Trinajstić information content (AvgIpc) is 2.83. The van der Waals surface area contributed by atoms with Gasteiger partial charge in [0.25, 0.3) is 0 Å². The average molecular weight is 423 g/mol. The molecule has 3 heteroatoms. The summed E-state index contributed by atoms with van der Waals surface area (Å²) in [6.07, 6.45) is 21.1. The Labute approximate surface area is 190 Å². The number of aryl methyl sites for hydroxylation is 1. The molecule has 2 unspecified atom stereocenters. The lowest BCUT2D eigenvalue weighted by molar-refractivity contribution is 0.199. The van der Waals surface area contributed by atoms with E-state index in [9.17, 15) is 0 Å². The molecule has 1 aromatic carbocycles. The predicted molar refractivity (Wildman–Crippen MR) is 130 cm³/mol. The van der Waals surface area contributed by atoms with Crippen LogP contribution in [0.25, 0.3) is 11.4 Å². The second-order valence-corrected chi connectivity index (χ2v) is 9.31. The molecule has 1 heterocycles. The molecule has 2 atom stereocenters. The number of ether oxygens (including phenoxy) is 1. The Kier molecular flexibility index (Phi) is 10.3. The smallest absolute Gasteiger partial charge is 0.159 e. The summed E-state index contributed by atoms with van der Waals surface area (Å²) in [6, 6.07) is 8.25. The highest BCUT2D eigenvalue weighted by Crippen LogP contribution is 2.35. The first-order valence-electron chi connectivity index (χ1n) is 12.8. The molecule has 0 spiro atoms. The fraction of sp³-hybridized carbons (Fsp3) is 0.643. The Morgan fingerprint density at radius 3 is 2.26 bits per heavy atom. The van der Waals surface area contributed by atoms with Crippen LogP contribution < -0.4 is 4.74 Å². The van der Waals surface area contributed by atoms with Gasteiger partial charge in [-0.1, -0.05) is 71.6 Å². The van der Waals surface area contributed by atoms with Crippen molar-refractivity contribution in [2.24, 2.45) is 11.8 Å². The molecule has 170 valence electrons. The first kappa shape index (κ1) is 23.8. The summed E-state index contributed by atoms with van der Waals surface area (Å²) in [5.41, 5.74) is 2.29. The zero-order valence-corrected chi connectivity index (χ0v) is 19.8. The number of hydrogen-bond donors (Lipinski definition) is 0. The molecule has 1 fully saturated rings. The molecule has 1 aliphatic rings. The van der Waals surface area contributed by atoms with Crippen molar-refractivity contribution in [1.29, 1.82) is 0 Å². The monoisotopic (exact) mass is 422 g/mol. The predicted octanol–water partition coefficient (Wildman–Crippen LogP) is 8.03. The number of benzene rings is 1. The van der Waals surface area contributed by atoms with Crippen molar-refractivity contribution in [2.75, 3.05) is 6.61 Å². The van der Waals surface area contributed by atoms with Gasteiger partial charge in [0.15, 0.2) is 5.82 Å². The molecule has 0 radical (unpaired) electrons. The van der Waals surface area contributed by atoms with Gasteiger partial charge < -0.3 is 4.74 Å². The second kappa shape index (κ2) is 13.5. The molecular formula is C28H42N2O. The largest absolute Gasteiger partial charge is 0.494 e. The van der Waals surface area contributed by atoms with Gasteiger partial charge >= 0.3 is 0 Å². The zero-order valence-electron chi connectivity index (χ0n) is 19.8. The fourth-order valence-electron chi connectivity index (χ4n) is 5.00. The number of unbranched alkanes of at least 4 members (excludes halogenated alkanes) is 4. The first-order chi connectivity index (χ1) is 15.3. The van der Waals surface area contributed by atoms with Gasteiger partial charge in [-0.25, -0.2) is 9.97 Å². The molecule has 0 N–H and O–H groups in total. The van der Waals surface area contributed by atoms with E-state index in [1.807, 2.05) is 12.4 Å². The number of hydrogen-bond acceptors (Lipinski definition) is 3. The van der Waals surface area contributed by atoms with Crippen LogP contribution in [0.2, 0.25) is 0 Å². The Bertz CT molecular complexity index is 726. The van der Waals surface area contributed by atoms with Crippen molar-refractivity contribution in [2.45, 2.75) is 97.3 Å². The van der Waals surface area contributed by atoms with Crippen LogP contribution in [-0.4, -0.2) is 16.6 Å². The van der Waals surface area contributed by atoms with Gasteiger partial charge in [-0.15, -0.1) is 0 Å². The summed E-state index contributed by atoms with van der Waals surface area (Å²) in [5, 5.41) is 0. The van der Waals surface area contributed by atoms with E-state index in [2.05, 4.69) is 48.1 Å². The summed E-state index contributed by atoms with van der Waals surface area (Å²) < 4.78 is 6.01. The third-order valence-corrected chi connectivity index (χ3v) is 6.97. The molecule has 2 aromatic rings. The van der Waals surface area contributed by atoms with Crippen molar-refractivity contribution >= 4 is 0 Å². The van der Waals surface area contributed by atoms with E-state index in [0.29, 0.717) is 0 Å². The Morgan fingerprint density at radius 1 is 0.839 bits per heavy atom. The molecule has 0 bridgehead atoms. The quantitative estimate of drug-likeness (QED) is 0.306. The van der Waals surface area contributed by atoms with E-state index in [1.54, 1.807) is 0 Å². The van der Waals surface area contributed by atoms with Crippen LogP contribution in [0.1, 0.15) is 96.5 Å². The molecule has 1 saturated carbocycles. The molecular weight excluding hydrogens is 380 g/mol. The maximum absolute atomic E-state index is 6.01. The normalized spacial score (nSPS) is 18.8. The molecule has 1 aliphatic carbocycles. The van der Waals surface area contributed by atoms with Crippen molar-refractivity contribution in [3.8, 4) is 17.1 Å². The third kappa shape index (κ3) is 7.94. The highest BCUT2D eigenvalue weighted by molar-refractivity contribution is 5.55. The fourth-order valence-corrected chi connectivity index (χ4v) is 5.00. The lowest BCUT2D eigenvalue weighted by atomic mass is 9.76. The van der Waals surface area contributed by atoms with Crippen LogP contribution in [-0.2, 0) is 6.42 Å². The van der Waals surface area contributed by atoms with Gasteiger partial charge in [-0.3, -0.25) is 0 Å². The summed E-state index contributed by atoms with van der Waals surface area (Å²) >= 11 is 0. The number of aromatic nitrogens is 2. The maximum atomic E-state index is 6.01. The Hall–Kier alpha value is -1.90. The molecule has 0 aliphatic heterocycles. The maximum Gasteiger partial charge on any atom is 0.159 e. The standard InChI is InChI=1S/C28H42N2O/c1-3-5-6-7-8-12-23-21-29-28(30-22-23)26-16-18-27(19-17-26)31-20-11-15-25-14-10-9-13-24(25)4-2/h16-19,21-22,24-25H,3-15,20H2,1-2H3. The van der Waals surface area contributed by atoms with E-state index in [-0.39, 0.29) is 0 Å². The minimum absolute atomic E-state index is 0.796. The summed E-state index contributed by atoms with van der Waals surface area (Å²) in [5.74, 6) is 3.61. The highest BCUT2D eigenvalue weighted by atomic mass is 16.5. The molecule has 1 aromatic heterocycles. The molecule has 0 saturated heterocycles. The van der Waals surface area contributed by atoms with Crippen LogP contribution in [0.3, 0.4) is 0 Å². The van der Waals surface area contributed by atoms with E-state index in [4.69, 9.17) is 4.74 Å². The van der Waals surface area contributed by atoms with Gasteiger partial charge in [0.2, 0.25) is 0 Å². The Balaban J connectivity index is 1.39. The van der Waals surface area contributed by atoms with Crippen LogP contribution in [0, 0.1) is 11.8 Å². The van der Waals surface area contributed by atoms with Gasteiger partial charge in [0.1, 0.15) is 5.75 Å².